The van der Waals surface area contributed by atoms with Gasteiger partial charge in [-0.1, -0.05) is 141 Å². The minimum Gasteiger partial charge on any atom is -0.294 e. The molecule has 58 heavy (non-hydrogen) atoms. The van der Waals surface area contributed by atoms with Crippen molar-refractivity contribution in [3.8, 4) is 56.5 Å². The van der Waals surface area contributed by atoms with Gasteiger partial charge < -0.3 is 0 Å². The van der Waals surface area contributed by atoms with Crippen LogP contribution in [0.25, 0.3) is 95.0 Å². The van der Waals surface area contributed by atoms with Crippen molar-refractivity contribution in [1.82, 2.24) is 28.5 Å². The highest BCUT2D eigenvalue weighted by molar-refractivity contribution is 6.09. The standard InChI is InChI=1S/C52H36N6/c1-52(2)41-19-9-6-16-37(41)38-29-28-35(30-42(38)52)48-31-53-50-51(58-45-21-11-7-17-39(45)40-18-8-12-22-46(40)58)55-44(32-56(48)50)33-24-26-34(27-25-33)49-54-43-20-10-13-23-47(43)57(49)36-14-4-3-5-15-36/h3-32H,1-2H3. The molecule has 0 amide bonds. The fourth-order valence-corrected chi connectivity index (χ4v) is 9.34. The van der Waals surface area contributed by atoms with Gasteiger partial charge in [-0.05, 0) is 64.7 Å². The first-order valence-electron chi connectivity index (χ1n) is 19.8. The Labute approximate surface area is 335 Å². The molecule has 11 aromatic rings. The largest absolute Gasteiger partial charge is 0.294 e. The first kappa shape index (κ1) is 32.7. The molecule has 6 heteroatoms. The smallest absolute Gasteiger partial charge is 0.182 e. The van der Waals surface area contributed by atoms with Gasteiger partial charge >= 0.3 is 0 Å². The topological polar surface area (TPSA) is 52.9 Å². The van der Waals surface area contributed by atoms with Crippen LogP contribution < -0.4 is 0 Å². The van der Waals surface area contributed by atoms with E-state index in [0.29, 0.717) is 0 Å². The van der Waals surface area contributed by atoms with Crippen LogP contribution in [0.2, 0.25) is 0 Å². The number of rotatable bonds is 5. The second-order valence-electron chi connectivity index (χ2n) is 15.8. The van der Waals surface area contributed by atoms with Crippen molar-refractivity contribution in [2.75, 3.05) is 0 Å². The van der Waals surface area contributed by atoms with Crippen LogP contribution in [0.15, 0.2) is 182 Å². The lowest BCUT2D eigenvalue weighted by Crippen LogP contribution is -2.14. The van der Waals surface area contributed by atoms with Crippen molar-refractivity contribution in [2.24, 2.45) is 0 Å². The lowest BCUT2D eigenvalue weighted by atomic mass is 9.82. The Bertz CT molecular complexity index is 3370. The molecule has 1 aliphatic rings. The Balaban J connectivity index is 1.06. The highest BCUT2D eigenvalue weighted by atomic mass is 15.1. The molecule has 0 spiro atoms. The van der Waals surface area contributed by atoms with Crippen LogP contribution in [0.4, 0.5) is 0 Å². The molecule has 0 radical (unpaired) electrons. The Kier molecular flexibility index (Phi) is 6.88. The zero-order chi connectivity index (χ0) is 38.5. The van der Waals surface area contributed by atoms with E-state index in [1.807, 2.05) is 18.3 Å². The third-order valence-corrected chi connectivity index (χ3v) is 12.2. The summed E-state index contributed by atoms with van der Waals surface area (Å²) < 4.78 is 6.75. The molecular weight excluding hydrogens is 709 g/mol. The van der Waals surface area contributed by atoms with Gasteiger partial charge in [0.1, 0.15) is 5.82 Å². The number of hydrogen-bond acceptors (Lipinski definition) is 3. The fourth-order valence-electron chi connectivity index (χ4n) is 9.34. The predicted molar refractivity (Wildman–Crippen MR) is 236 cm³/mol. The van der Waals surface area contributed by atoms with Crippen molar-refractivity contribution in [3.63, 3.8) is 0 Å². The first-order chi connectivity index (χ1) is 28.5. The third-order valence-electron chi connectivity index (χ3n) is 12.2. The summed E-state index contributed by atoms with van der Waals surface area (Å²) in [5.74, 6) is 1.68. The molecule has 274 valence electrons. The summed E-state index contributed by atoms with van der Waals surface area (Å²) in [5, 5.41) is 2.36. The van der Waals surface area contributed by atoms with E-state index in [4.69, 9.17) is 15.0 Å². The first-order valence-corrected chi connectivity index (χ1v) is 19.8. The van der Waals surface area contributed by atoms with Gasteiger partial charge in [-0.3, -0.25) is 13.5 Å². The molecule has 0 saturated heterocycles. The monoisotopic (exact) mass is 744 g/mol. The van der Waals surface area contributed by atoms with Gasteiger partial charge in [-0.15, -0.1) is 0 Å². The zero-order valence-electron chi connectivity index (χ0n) is 32.0. The number of imidazole rings is 2. The Morgan fingerprint density at radius 1 is 0.500 bits per heavy atom. The molecule has 0 atom stereocenters. The molecule has 6 nitrogen and oxygen atoms in total. The fraction of sp³-hybridized carbons (Fsp3) is 0.0577. The maximum absolute atomic E-state index is 5.49. The van der Waals surface area contributed by atoms with E-state index < -0.39 is 0 Å². The van der Waals surface area contributed by atoms with Crippen LogP contribution >= 0.6 is 0 Å². The molecule has 4 aromatic heterocycles. The highest BCUT2D eigenvalue weighted by Crippen LogP contribution is 2.49. The van der Waals surface area contributed by atoms with Crippen LogP contribution in [0.3, 0.4) is 0 Å². The van der Waals surface area contributed by atoms with Crippen molar-refractivity contribution in [2.45, 2.75) is 19.3 Å². The van der Waals surface area contributed by atoms with E-state index >= 15 is 0 Å². The second-order valence-corrected chi connectivity index (χ2v) is 15.8. The van der Waals surface area contributed by atoms with Crippen LogP contribution in [0, 0.1) is 0 Å². The quantitative estimate of drug-likeness (QED) is 0.176. The minimum atomic E-state index is -0.119. The SMILES string of the molecule is CC1(C)c2ccccc2-c2ccc(-c3cnc4c(-n5c6ccccc6c6ccccc65)nc(-c5ccc(-c6nc7ccccc7n6-c6ccccc6)cc5)cn34)cc21. The van der Waals surface area contributed by atoms with E-state index in [1.54, 1.807) is 0 Å². The summed E-state index contributed by atoms with van der Waals surface area (Å²) in [6.07, 6.45) is 4.16. The summed E-state index contributed by atoms with van der Waals surface area (Å²) in [6.45, 7) is 4.66. The zero-order valence-corrected chi connectivity index (χ0v) is 32.0. The number of fused-ring (bicyclic) bond motifs is 8. The Hall–Kier alpha value is -7.57. The van der Waals surface area contributed by atoms with Gasteiger partial charge in [0.2, 0.25) is 0 Å². The van der Waals surface area contributed by atoms with Crippen molar-refractivity contribution in [3.05, 3.63) is 193 Å². The Morgan fingerprint density at radius 3 is 1.90 bits per heavy atom. The molecule has 4 heterocycles. The van der Waals surface area contributed by atoms with Gasteiger partial charge in [0.15, 0.2) is 11.5 Å². The molecule has 0 bridgehead atoms. The Morgan fingerprint density at radius 2 is 1.12 bits per heavy atom. The van der Waals surface area contributed by atoms with Crippen molar-refractivity contribution in [1.29, 1.82) is 0 Å². The molecule has 0 N–H and O–H groups in total. The van der Waals surface area contributed by atoms with E-state index in [0.717, 1.165) is 73.1 Å². The molecule has 1 aliphatic carbocycles. The lowest BCUT2D eigenvalue weighted by molar-refractivity contribution is 0.660. The maximum Gasteiger partial charge on any atom is 0.182 e. The molecule has 0 saturated carbocycles. The summed E-state index contributed by atoms with van der Waals surface area (Å²) >= 11 is 0. The van der Waals surface area contributed by atoms with Gasteiger partial charge in [-0.2, -0.15) is 0 Å². The normalized spacial score (nSPS) is 13.1. The van der Waals surface area contributed by atoms with Crippen LogP contribution in [-0.4, -0.2) is 28.5 Å². The minimum absolute atomic E-state index is 0.119. The number of para-hydroxylation sites is 5. The number of nitrogens with zero attached hydrogens (tertiary/aromatic N) is 6. The number of aromatic nitrogens is 6. The third kappa shape index (κ3) is 4.69. The average Bonchev–Trinajstić information content (AvgIpc) is 4.03. The van der Waals surface area contributed by atoms with Gasteiger partial charge in [0, 0.05) is 44.8 Å². The van der Waals surface area contributed by atoms with Crippen LogP contribution in [-0.2, 0) is 5.41 Å². The number of benzene rings is 7. The van der Waals surface area contributed by atoms with Crippen molar-refractivity contribution >= 4 is 38.5 Å². The predicted octanol–water partition coefficient (Wildman–Crippen LogP) is 12.5. The van der Waals surface area contributed by atoms with E-state index in [9.17, 15) is 0 Å². The van der Waals surface area contributed by atoms with E-state index in [-0.39, 0.29) is 5.41 Å². The molecular formula is C52H36N6. The molecule has 12 rings (SSSR count). The van der Waals surface area contributed by atoms with Gasteiger partial charge in [0.25, 0.3) is 0 Å². The maximum atomic E-state index is 5.49. The lowest BCUT2D eigenvalue weighted by Gasteiger charge is -2.22. The summed E-state index contributed by atoms with van der Waals surface area (Å²) in [4.78, 5) is 15.8. The van der Waals surface area contributed by atoms with E-state index in [2.05, 4.69) is 191 Å². The van der Waals surface area contributed by atoms with Gasteiger partial charge in [-0.25, -0.2) is 15.0 Å². The van der Waals surface area contributed by atoms with E-state index in [1.165, 1.54) is 33.0 Å². The summed E-state index contributed by atoms with van der Waals surface area (Å²) in [7, 11) is 0. The van der Waals surface area contributed by atoms with Gasteiger partial charge in [0.05, 0.1) is 39.7 Å². The number of hydrogen-bond donors (Lipinski definition) is 0. The average molecular weight is 745 g/mol. The summed E-state index contributed by atoms with van der Waals surface area (Å²) in [5.41, 5.74) is 16.3. The van der Waals surface area contributed by atoms with Crippen LogP contribution in [0.5, 0.6) is 0 Å². The molecule has 0 unspecified atom stereocenters. The summed E-state index contributed by atoms with van der Waals surface area (Å²) in [6, 6.07) is 60.3. The molecule has 0 aliphatic heterocycles. The van der Waals surface area contributed by atoms with Crippen LogP contribution in [0.1, 0.15) is 25.0 Å². The molecule has 7 aromatic carbocycles. The van der Waals surface area contributed by atoms with Crippen molar-refractivity contribution < 1.29 is 0 Å². The second kappa shape index (κ2) is 12.2. The molecule has 0 fully saturated rings. The highest BCUT2D eigenvalue weighted by Gasteiger charge is 2.35.